The van der Waals surface area contributed by atoms with E-state index in [0.717, 1.165) is 50.5 Å². The van der Waals surface area contributed by atoms with E-state index in [4.69, 9.17) is 0 Å². The zero-order valence-electron chi connectivity index (χ0n) is 23.0. The molecule has 0 aromatic rings. The Kier molecular flexibility index (Phi) is 22.0. The molecule has 1 saturated heterocycles. The number of carbonyl (C=O) groups excluding carboxylic acids is 1. The van der Waals surface area contributed by atoms with E-state index in [-0.39, 0.29) is 5.37 Å². The van der Waals surface area contributed by atoms with Crippen LogP contribution in [0.5, 0.6) is 0 Å². The third-order valence-electron chi connectivity index (χ3n) is 4.98. The van der Waals surface area contributed by atoms with E-state index >= 15 is 0 Å². The fourth-order valence-corrected chi connectivity index (χ4v) is 3.64. The first-order valence-electron chi connectivity index (χ1n) is 12.6. The standard InChI is InChI=1S/C13H20N4OS.C11H22N4.C2H6/c1-4-5-6-11-10(2)7-15-12(16-11)9-19-13(8-18)17-14-3;1-11(12-2)10-14-4-3-7-15-8-5-13-6-9-15;1-2/h4-6,8,13-14,17H,1,7,9H2,2-3H3,(H,15,16);3-4,10-13H,5-9H2,1-2H3;1-2H3/b6-5-;4-3-,14-10?;. The van der Waals surface area contributed by atoms with Gasteiger partial charge in [0.1, 0.15) is 17.5 Å². The predicted molar refractivity (Wildman–Crippen MR) is 159 cm³/mol. The summed E-state index contributed by atoms with van der Waals surface area (Å²) in [6.45, 7) is 18.0. The van der Waals surface area contributed by atoms with Gasteiger partial charge in [-0.05, 0) is 39.6 Å². The Hall–Kier alpha value is -2.08. The van der Waals surface area contributed by atoms with Crippen molar-refractivity contribution in [3.8, 4) is 0 Å². The molecule has 2 aliphatic rings. The Morgan fingerprint density at radius 1 is 1.28 bits per heavy atom. The third-order valence-corrected chi connectivity index (χ3v) is 6.01. The summed E-state index contributed by atoms with van der Waals surface area (Å²) in [4.78, 5) is 21.9. The van der Waals surface area contributed by atoms with Gasteiger partial charge in [0, 0.05) is 56.9 Å². The molecule has 5 N–H and O–H groups in total. The molecular formula is C26H48N8OS. The van der Waals surface area contributed by atoms with Crippen molar-refractivity contribution < 1.29 is 4.79 Å². The molecule has 0 aliphatic carbocycles. The van der Waals surface area contributed by atoms with Gasteiger partial charge in [-0.15, -0.1) is 11.8 Å². The van der Waals surface area contributed by atoms with E-state index in [2.05, 4.69) is 61.3 Å². The Balaban J connectivity index is 0.000000651. The van der Waals surface area contributed by atoms with Crippen LogP contribution >= 0.6 is 11.8 Å². The fraction of sp³-hybridized carbons (Fsp3) is 0.577. The minimum absolute atomic E-state index is 0.284. The van der Waals surface area contributed by atoms with Gasteiger partial charge < -0.3 is 20.7 Å². The molecule has 0 bridgehead atoms. The van der Waals surface area contributed by atoms with Gasteiger partial charge in [-0.1, -0.05) is 38.7 Å². The Morgan fingerprint density at radius 3 is 2.61 bits per heavy atom. The van der Waals surface area contributed by atoms with Crippen molar-refractivity contribution >= 4 is 30.1 Å². The van der Waals surface area contributed by atoms with Crippen molar-refractivity contribution in [2.24, 2.45) is 9.98 Å². The van der Waals surface area contributed by atoms with E-state index in [1.54, 1.807) is 13.1 Å². The number of allylic oxidation sites excluding steroid dienone is 3. The van der Waals surface area contributed by atoms with Crippen LogP contribution in [0.1, 0.15) is 27.7 Å². The molecule has 0 aromatic carbocycles. The van der Waals surface area contributed by atoms with Crippen molar-refractivity contribution in [1.82, 2.24) is 31.7 Å². The molecule has 204 valence electrons. The number of carbonyl (C=O) groups is 1. The molecule has 36 heavy (non-hydrogen) atoms. The maximum atomic E-state index is 10.8. The first kappa shape index (κ1) is 33.9. The number of thioether (sulfide) groups is 1. The van der Waals surface area contributed by atoms with Gasteiger partial charge >= 0.3 is 0 Å². The largest absolute Gasteiger partial charge is 0.343 e. The van der Waals surface area contributed by atoms with Crippen LogP contribution in [0, 0.1) is 0 Å². The molecule has 9 nitrogen and oxygen atoms in total. The molecule has 0 radical (unpaired) electrons. The van der Waals surface area contributed by atoms with Crippen molar-refractivity contribution in [3.63, 3.8) is 0 Å². The number of aliphatic imine (C=N–C) groups is 2. The average molecular weight is 521 g/mol. The van der Waals surface area contributed by atoms with Crippen molar-refractivity contribution in [2.45, 2.75) is 39.1 Å². The summed E-state index contributed by atoms with van der Waals surface area (Å²) in [5, 5.41) is 9.42. The molecule has 10 heteroatoms. The number of hydrogen-bond donors (Lipinski definition) is 5. The molecule has 0 amide bonds. The van der Waals surface area contributed by atoms with Crippen LogP contribution in [0.15, 0.2) is 58.3 Å². The van der Waals surface area contributed by atoms with Crippen LogP contribution < -0.4 is 26.8 Å². The molecular weight excluding hydrogens is 472 g/mol. The molecule has 2 unspecified atom stereocenters. The monoisotopic (exact) mass is 520 g/mol. The summed E-state index contributed by atoms with van der Waals surface area (Å²) in [5.74, 6) is 1.53. The van der Waals surface area contributed by atoms with E-state index in [1.807, 2.05) is 52.4 Å². The topological polar surface area (TPSA) is 105 Å². The van der Waals surface area contributed by atoms with Crippen LogP contribution in [0.2, 0.25) is 0 Å². The lowest BCUT2D eigenvalue weighted by Gasteiger charge is -2.25. The Morgan fingerprint density at radius 2 is 2.00 bits per heavy atom. The number of nitrogens with one attached hydrogen (secondary N) is 5. The minimum atomic E-state index is -0.284. The minimum Gasteiger partial charge on any atom is -0.343 e. The lowest BCUT2D eigenvalue weighted by Crippen LogP contribution is -2.43. The van der Waals surface area contributed by atoms with E-state index in [9.17, 15) is 4.79 Å². The van der Waals surface area contributed by atoms with Crippen molar-refractivity contribution in [2.75, 3.05) is 59.1 Å². The molecule has 0 spiro atoms. The second kappa shape index (κ2) is 23.3. The van der Waals surface area contributed by atoms with Gasteiger partial charge in [-0.2, -0.15) is 0 Å². The number of nitrogens with zero attached hydrogens (tertiary/aromatic N) is 3. The third kappa shape index (κ3) is 16.6. The van der Waals surface area contributed by atoms with Gasteiger partial charge in [0.05, 0.1) is 12.3 Å². The summed E-state index contributed by atoms with van der Waals surface area (Å²) in [5.41, 5.74) is 7.84. The molecule has 2 heterocycles. The average Bonchev–Trinajstić information content (AvgIpc) is 2.92. The molecule has 0 saturated carbocycles. The van der Waals surface area contributed by atoms with Crippen molar-refractivity contribution in [3.05, 3.63) is 48.4 Å². The fourth-order valence-electron chi connectivity index (χ4n) is 2.86. The van der Waals surface area contributed by atoms with Gasteiger partial charge in [-0.3, -0.25) is 20.3 Å². The second-order valence-electron chi connectivity index (χ2n) is 7.75. The summed E-state index contributed by atoms with van der Waals surface area (Å²) in [6, 6.07) is 0.342. The Bertz CT molecular complexity index is 742. The normalized spacial score (nSPS) is 18.1. The predicted octanol–water partition coefficient (Wildman–Crippen LogP) is 2.10. The van der Waals surface area contributed by atoms with Gasteiger partial charge in [0.15, 0.2) is 0 Å². The first-order chi connectivity index (χ1) is 17.5. The van der Waals surface area contributed by atoms with Crippen molar-refractivity contribution in [1.29, 1.82) is 0 Å². The van der Waals surface area contributed by atoms with E-state index in [0.29, 0.717) is 18.3 Å². The number of aldehydes is 1. The van der Waals surface area contributed by atoms with Gasteiger partial charge in [0.2, 0.25) is 0 Å². The van der Waals surface area contributed by atoms with Gasteiger partial charge in [-0.25, -0.2) is 5.43 Å². The van der Waals surface area contributed by atoms with Crippen LogP contribution in [0.25, 0.3) is 0 Å². The first-order valence-corrected chi connectivity index (χ1v) is 13.7. The van der Waals surface area contributed by atoms with Crippen LogP contribution in [-0.4, -0.2) is 93.8 Å². The molecule has 1 fully saturated rings. The molecule has 2 atom stereocenters. The van der Waals surface area contributed by atoms with E-state index in [1.165, 1.54) is 17.3 Å². The summed E-state index contributed by atoms with van der Waals surface area (Å²) in [6.07, 6.45) is 12.4. The SMILES string of the molecule is C=C/C=C\C1=C(C)CN=C(CSC(C=O)NNC)N1.CC.CNC(C)C=N/C=C\CN1CCNCC1. The van der Waals surface area contributed by atoms with Gasteiger partial charge in [0.25, 0.3) is 0 Å². The lowest BCUT2D eigenvalue weighted by molar-refractivity contribution is -0.108. The number of hydrogen-bond acceptors (Lipinski definition) is 10. The van der Waals surface area contributed by atoms with Crippen LogP contribution in [-0.2, 0) is 4.79 Å². The summed E-state index contributed by atoms with van der Waals surface area (Å²) >= 11 is 1.48. The number of rotatable bonds is 13. The molecule has 0 aromatic heterocycles. The number of amidine groups is 1. The zero-order valence-corrected chi connectivity index (χ0v) is 23.8. The van der Waals surface area contributed by atoms with E-state index < -0.39 is 0 Å². The van der Waals surface area contributed by atoms with Crippen LogP contribution in [0.3, 0.4) is 0 Å². The smallest absolute Gasteiger partial charge is 0.148 e. The maximum Gasteiger partial charge on any atom is 0.148 e. The Labute approximate surface area is 223 Å². The highest BCUT2D eigenvalue weighted by molar-refractivity contribution is 8.01. The number of piperazine rings is 1. The summed E-state index contributed by atoms with van der Waals surface area (Å²) < 4.78 is 0. The molecule has 2 rings (SSSR count). The maximum absolute atomic E-state index is 10.8. The zero-order chi connectivity index (χ0) is 27.0. The summed E-state index contributed by atoms with van der Waals surface area (Å²) in [7, 11) is 3.67. The quantitative estimate of drug-likeness (QED) is 0.0827. The highest BCUT2D eigenvalue weighted by Gasteiger charge is 2.13. The highest BCUT2D eigenvalue weighted by atomic mass is 32.2. The molecule has 2 aliphatic heterocycles. The number of hydrazine groups is 1. The highest BCUT2D eigenvalue weighted by Crippen LogP contribution is 2.12. The van der Waals surface area contributed by atoms with Crippen LogP contribution in [0.4, 0.5) is 0 Å². The second-order valence-corrected chi connectivity index (χ2v) is 8.88. The lowest BCUT2D eigenvalue weighted by atomic mass is 10.2.